The molecule has 0 aliphatic rings. The van der Waals surface area contributed by atoms with Crippen LogP contribution in [0.25, 0.3) is 0 Å². The molecule has 68 valence electrons. The van der Waals surface area contributed by atoms with E-state index in [9.17, 15) is 9.59 Å². The zero-order chi connectivity index (χ0) is 9.56. The SMILES string of the molecule is CN=N[C@@H](CCC(=O)O)C(=O)O. The Kier molecular flexibility index (Phi) is 4.59. The van der Waals surface area contributed by atoms with E-state index in [0.29, 0.717) is 0 Å². The highest BCUT2D eigenvalue weighted by molar-refractivity contribution is 5.75. The van der Waals surface area contributed by atoms with Crippen LogP contribution in [0.4, 0.5) is 0 Å². The number of aliphatic carboxylic acids is 2. The van der Waals surface area contributed by atoms with E-state index in [2.05, 4.69) is 10.2 Å². The summed E-state index contributed by atoms with van der Waals surface area (Å²) in [6.07, 6.45) is -0.238. The third-order valence-corrected chi connectivity index (χ3v) is 1.17. The van der Waals surface area contributed by atoms with Gasteiger partial charge >= 0.3 is 11.9 Å². The van der Waals surface area contributed by atoms with Gasteiger partial charge in [-0.2, -0.15) is 10.2 Å². The van der Waals surface area contributed by atoms with Gasteiger partial charge in [0.25, 0.3) is 0 Å². The first-order chi connectivity index (χ1) is 5.57. The maximum Gasteiger partial charge on any atom is 0.330 e. The molecule has 0 bridgehead atoms. The van der Waals surface area contributed by atoms with Crippen LogP contribution in [0.2, 0.25) is 0 Å². The Morgan fingerprint density at radius 2 is 2.00 bits per heavy atom. The lowest BCUT2D eigenvalue weighted by molar-refractivity contribution is -0.139. The molecule has 0 saturated heterocycles. The molecule has 0 amide bonds. The van der Waals surface area contributed by atoms with Crippen LogP contribution in [-0.4, -0.2) is 35.2 Å². The van der Waals surface area contributed by atoms with Crippen LogP contribution in [0.3, 0.4) is 0 Å². The fraction of sp³-hybridized carbons (Fsp3) is 0.667. The van der Waals surface area contributed by atoms with Crippen molar-refractivity contribution in [3.63, 3.8) is 0 Å². The lowest BCUT2D eigenvalue weighted by Crippen LogP contribution is -2.18. The maximum absolute atomic E-state index is 10.4. The Bertz CT molecular complexity index is 202. The van der Waals surface area contributed by atoms with Gasteiger partial charge in [-0.3, -0.25) is 4.79 Å². The molecule has 6 nitrogen and oxygen atoms in total. The van der Waals surface area contributed by atoms with E-state index in [1.54, 1.807) is 0 Å². The number of hydrogen-bond acceptors (Lipinski definition) is 4. The van der Waals surface area contributed by atoms with E-state index in [4.69, 9.17) is 10.2 Å². The Morgan fingerprint density at radius 3 is 2.33 bits per heavy atom. The lowest BCUT2D eigenvalue weighted by Gasteiger charge is -2.01. The second-order valence-corrected chi connectivity index (χ2v) is 2.10. The highest BCUT2D eigenvalue weighted by Gasteiger charge is 2.17. The molecule has 1 atom stereocenters. The number of carbonyl (C=O) groups is 2. The number of rotatable bonds is 5. The number of azo groups is 1. The minimum absolute atomic E-state index is 0.0258. The van der Waals surface area contributed by atoms with Crippen molar-refractivity contribution < 1.29 is 19.8 Å². The standard InChI is InChI=1S/C6H10N2O4/c1-7-8-4(6(11)12)2-3-5(9)10/h4H,2-3H2,1H3,(H,9,10)(H,11,12)/t4-/m0/s1. The van der Waals surface area contributed by atoms with Crippen LogP contribution in [0, 0.1) is 0 Å². The largest absolute Gasteiger partial charge is 0.481 e. The van der Waals surface area contributed by atoms with Crippen LogP contribution in [-0.2, 0) is 9.59 Å². The number of nitrogens with zero attached hydrogens (tertiary/aromatic N) is 2. The summed E-state index contributed by atoms with van der Waals surface area (Å²) in [5, 5.41) is 23.4. The number of carboxylic acids is 2. The summed E-state index contributed by atoms with van der Waals surface area (Å²) >= 11 is 0. The van der Waals surface area contributed by atoms with E-state index in [1.807, 2.05) is 0 Å². The molecular weight excluding hydrogens is 164 g/mol. The fourth-order valence-electron chi connectivity index (χ4n) is 0.630. The topological polar surface area (TPSA) is 99.3 Å². The smallest absolute Gasteiger partial charge is 0.330 e. The fourth-order valence-corrected chi connectivity index (χ4v) is 0.630. The Hall–Kier alpha value is -1.46. The molecule has 12 heavy (non-hydrogen) atoms. The molecule has 0 radical (unpaired) electrons. The molecular formula is C6H10N2O4. The van der Waals surface area contributed by atoms with Gasteiger partial charge in [0.1, 0.15) is 0 Å². The van der Waals surface area contributed by atoms with Gasteiger partial charge in [0.15, 0.2) is 6.04 Å². The van der Waals surface area contributed by atoms with Crippen molar-refractivity contribution in [1.82, 2.24) is 0 Å². The van der Waals surface area contributed by atoms with E-state index in [0.717, 1.165) is 0 Å². The Morgan fingerprint density at radius 1 is 1.42 bits per heavy atom. The Labute approximate surface area is 68.9 Å². The average Bonchev–Trinajstić information content (AvgIpc) is 1.96. The number of hydrogen-bond donors (Lipinski definition) is 2. The second kappa shape index (κ2) is 5.22. The van der Waals surface area contributed by atoms with Crippen molar-refractivity contribution in [3.05, 3.63) is 0 Å². The van der Waals surface area contributed by atoms with E-state index >= 15 is 0 Å². The summed E-state index contributed by atoms with van der Waals surface area (Å²) < 4.78 is 0. The van der Waals surface area contributed by atoms with Crippen LogP contribution in [0.15, 0.2) is 10.2 Å². The molecule has 0 aliphatic carbocycles. The Balaban J connectivity index is 3.96. The molecule has 0 spiro atoms. The van der Waals surface area contributed by atoms with Gasteiger partial charge < -0.3 is 10.2 Å². The van der Waals surface area contributed by atoms with Crippen molar-refractivity contribution >= 4 is 11.9 Å². The molecule has 0 heterocycles. The molecule has 0 aromatic rings. The maximum atomic E-state index is 10.4. The number of carboxylic acid groups (broad SMARTS) is 2. The molecule has 0 fully saturated rings. The van der Waals surface area contributed by atoms with Crippen LogP contribution >= 0.6 is 0 Å². The third-order valence-electron chi connectivity index (χ3n) is 1.17. The van der Waals surface area contributed by atoms with Crippen LogP contribution in [0.5, 0.6) is 0 Å². The zero-order valence-electron chi connectivity index (χ0n) is 6.60. The van der Waals surface area contributed by atoms with Gasteiger partial charge in [0.2, 0.25) is 0 Å². The molecule has 0 saturated carbocycles. The monoisotopic (exact) mass is 174 g/mol. The van der Waals surface area contributed by atoms with Gasteiger partial charge in [-0.15, -0.1) is 0 Å². The van der Waals surface area contributed by atoms with E-state index in [1.165, 1.54) is 7.05 Å². The van der Waals surface area contributed by atoms with Crippen molar-refractivity contribution in [1.29, 1.82) is 0 Å². The predicted molar refractivity (Wildman–Crippen MR) is 39.1 cm³/mol. The zero-order valence-corrected chi connectivity index (χ0v) is 6.60. The highest BCUT2D eigenvalue weighted by Crippen LogP contribution is 2.02. The highest BCUT2D eigenvalue weighted by atomic mass is 16.4. The molecule has 0 aromatic carbocycles. The first kappa shape index (κ1) is 10.5. The van der Waals surface area contributed by atoms with Crippen LogP contribution in [0.1, 0.15) is 12.8 Å². The van der Waals surface area contributed by atoms with Crippen molar-refractivity contribution in [2.45, 2.75) is 18.9 Å². The molecule has 2 N–H and O–H groups in total. The summed E-state index contributed by atoms with van der Waals surface area (Å²) in [5.41, 5.74) is 0. The molecule has 0 rings (SSSR count). The lowest BCUT2D eigenvalue weighted by atomic mass is 10.2. The average molecular weight is 174 g/mol. The summed E-state index contributed by atoms with van der Waals surface area (Å²) in [5.74, 6) is -2.19. The van der Waals surface area contributed by atoms with Gasteiger partial charge in [0.05, 0.1) is 0 Å². The summed E-state index contributed by atoms with van der Waals surface area (Å²) in [4.78, 5) is 20.4. The predicted octanol–water partition coefficient (Wildman–Crippen LogP) is 0.386. The van der Waals surface area contributed by atoms with Crippen LogP contribution < -0.4 is 0 Å². The van der Waals surface area contributed by atoms with E-state index < -0.39 is 18.0 Å². The minimum Gasteiger partial charge on any atom is -0.481 e. The first-order valence-corrected chi connectivity index (χ1v) is 3.31. The van der Waals surface area contributed by atoms with Gasteiger partial charge in [-0.05, 0) is 6.42 Å². The molecule has 0 aliphatic heterocycles. The summed E-state index contributed by atoms with van der Waals surface area (Å²) in [6.45, 7) is 0. The molecule has 0 unspecified atom stereocenters. The van der Waals surface area contributed by atoms with Crippen molar-refractivity contribution in [2.24, 2.45) is 10.2 Å². The van der Waals surface area contributed by atoms with Gasteiger partial charge in [-0.25, -0.2) is 4.79 Å². The minimum atomic E-state index is -1.15. The third kappa shape index (κ3) is 4.37. The summed E-state index contributed by atoms with van der Waals surface area (Å²) in [6, 6.07) is -1.04. The van der Waals surface area contributed by atoms with Crippen molar-refractivity contribution in [3.8, 4) is 0 Å². The molecule has 6 heteroatoms. The van der Waals surface area contributed by atoms with E-state index in [-0.39, 0.29) is 12.8 Å². The summed E-state index contributed by atoms with van der Waals surface area (Å²) in [7, 11) is 1.34. The van der Waals surface area contributed by atoms with Crippen molar-refractivity contribution in [2.75, 3.05) is 7.05 Å². The quantitative estimate of drug-likeness (QED) is 0.588. The normalized spacial score (nSPS) is 13.1. The van der Waals surface area contributed by atoms with Gasteiger partial charge in [-0.1, -0.05) is 0 Å². The second-order valence-electron chi connectivity index (χ2n) is 2.10. The van der Waals surface area contributed by atoms with Gasteiger partial charge in [0, 0.05) is 13.5 Å². The first-order valence-electron chi connectivity index (χ1n) is 3.31. The molecule has 0 aromatic heterocycles.